The minimum Gasteiger partial charge on any atom is -0.341 e. The maximum Gasteiger partial charge on any atom is 0.469 e. The summed E-state index contributed by atoms with van der Waals surface area (Å²) >= 11 is 0. The van der Waals surface area contributed by atoms with Crippen LogP contribution in [0.3, 0.4) is 0 Å². The van der Waals surface area contributed by atoms with Crippen molar-refractivity contribution in [3.8, 4) is 0 Å². The molecule has 3 fully saturated rings. The molecule has 0 spiro atoms. The lowest BCUT2D eigenvalue weighted by Crippen LogP contribution is -2.69. The van der Waals surface area contributed by atoms with Crippen molar-refractivity contribution in [3.05, 3.63) is 0 Å². The Morgan fingerprint density at radius 2 is 0.538 bits per heavy atom. The quantitative estimate of drug-likeness (QED) is 0.0244. The van der Waals surface area contributed by atoms with Crippen LogP contribution in [0, 0.1) is 0 Å². The number of ether oxygens (including phenoxy) is 5. The number of hydrogen-bond donors (Lipinski definition) is 12. The van der Waals surface area contributed by atoms with Crippen molar-refractivity contribution in [2.45, 2.75) is 92.1 Å². The third-order valence-corrected chi connectivity index (χ3v) is 13.4. The average molecular weight is 1390 g/mol. The standard InChI is InChI=1S/C18H33O49PS10/c19-68(20,21)52-1-4-8(61-72(31,32)33)12(64-75(40,41)42)15(66-77(46,47)48)17(55-4)58-10-7(60-71(28,29)30)5(2-53-69(22,23)24)56-16(14(10)65-76(43,44)45)59-13-11(63-74(37,38)39)9(62-73(34,35)36)6(3-54-70(25,26)27)57-18(13)67-78(49,50)51/h4-18H,1-3H2,(H2,19,20,21)(H,22,23,24)(H,25,26,27)(H,28,29,30)(H,31,32,33)(H,34,35,36)(H,37,38,39)(H,40,41,42)(H,43,44,45)(H,46,47,48)(H,49,50,51)/t4-,5-,6-,7-,8-,9-,10?,11+,12+,13?,14+,15+,16-,17-,18?/m1/s1. The second kappa shape index (κ2) is 25.4. The summed E-state index contributed by atoms with van der Waals surface area (Å²) in [5, 5.41) is 0. The van der Waals surface area contributed by atoms with Crippen LogP contribution in [0.25, 0.3) is 0 Å². The minimum atomic E-state index is -6.62. The van der Waals surface area contributed by atoms with E-state index in [0.29, 0.717) is 0 Å². The fourth-order valence-electron chi connectivity index (χ4n) is 6.30. The summed E-state index contributed by atoms with van der Waals surface area (Å²) in [4.78, 5) is 18.7. The Labute approximate surface area is 435 Å². The molecule has 464 valence electrons. The first-order valence-corrected chi connectivity index (χ1v) is 33.1. The molecule has 15 atom stereocenters. The highest BCUT2D eigenvalue weighted by Crippen LogP contribution is 2.42. The molecular formula is C18H33O49PS10. The van der Waals surface area contributed by atoms with Gasteiger partial charge >= 0.3 is 112 Å². The lowest BCUT2D eigenvalue weighted by Gasteiger charge is -2.49. The zero-order valence-electron chi connectivity index (χ0n) is 35.8. The van der Waals surface area contributed by atoms with Gasteiger partial charge in [-0.15, -0.1) is 0 Å². The van der Waals surface area contributed by atoms with Crippen LogP contribution < -0.4 is 0 Å². The van der Waals surface area contributed by atoms with Crippen molar-refractivity contribution in [1.82, 2.24) is 0 Å². The van der Waals surface area contributed by atoms with Gasteiger partial charge in [-0.1, -0.05) is 0 Å². The predicted octanol–water partition coefficient (Wildman–Crippen LogP) is -9.19. The molecule has 3 heterocycles. The van der Waals surface area contributed by atoms with Gasteiger partial charge in [0.25, 0.3) is 0 Å². The number of phosphoric ester groups is 1. The zero-order valence-corrected chi connectivity index (χ0v) is 44.8. The summed E-state index contributed by atoms with van der Waals surface area (Å²) in [5.41, 5.74) is 0. The molecule has 12 N–H and O–H groups in total. The van der Waals surface area contributed by atoms with Crippen molar-refractivity contribution in [1.29, 1.82) is 0 Å². The summed E-state index contributed by atoms with van der Waals surface area (Å²) < 4.78 is 419. The van der Waals surface area contributed by atoms with Gasteiger partial charge in [0.1, 0.15) is 61.0 Å². The maximum absolute atomic E-state index is 12.5. The van der Waals surface area contributed by atoms with Crippen LogP contribution in [0.15, 0.2) is 0 Å². The summed E-state index contributed by atoms with van der Waals surface area (Å²) in [6.45, 7) is -6.36. The molecule has 0 aromatic carbocycles. The van der Waals surface area contributed by atoms with Crippen molar-refractivity contribution in [2.24, 2.45) is 0 Å². The Hall–Kier alpha value is -1.39. The molecule has 0 amide bonds. The predicted molar refractivity (Wildman–Crippen MR) is 216 cm³/mol. The molecule has 3 unspecified atom stereocenters. The molecule has 3 aliphatic heterocycles. The monoisotopic (exact) mass is 1380 g/mol. The van der Waals surface area contributed by atoms with Gasteiger partial charge in [-0.3, -0.25) is 50.1 Å². The maximum atomic E-state index is 12.5. The van der Waals surface area contributed by atoms with Crippen molar-refractivity contribution in [3.63, 3.8) is 0 Å². The topological polar surface area (TPSA) is 749 Å². The van der Waals surface area contributed by atoms with E-state index in [9.17, 15) is 140 Å². The van der Waals surface area contributed by atoms with Gasteiger partial charge in [0, 0.05) is 0 Å². The first kappa shape index (κ1) is 70.9. The molecule has 0 aliphatic carbocycles. The normalized spacial score (nSPS) is 31.9. The molecule has 60 heteroatoms. The van der Waals surface area contributed by atoms with Crippen LogP contribution in [-0.4, -0.2) is 251 Å². The molecule has 78 heavy (non-hydrogen) atoms. The van der Waals surface area contributed by atoms with Crippen LogP contribution in [0.2, 0.25) is 0 Å². The van der Waals surface area contributed by atoms with Crippen LogP contribution in [-0.2, 0) is 179 Å². The summed E-state index contributed by atoms with van der Waals surface area (Å²) in [5.74, 6) is 0. The van der Waals surface area contributed by atoms with Crippen molar-refractivity contribution in [2.75, 3.05) is 19.8 Å². The molecule has 3 aliphatic rings. The molecule has 49 nitrogen and oxygen atoms in total. The lowest BCUT2D eigenvalue weighted by atomic mass is 9.96. The molecule has 0 aromatic heterocycles. The molecule has 3 saturated heterocycles. The number of rotatable bonds is 29. The van der Waals surface area contributed by atoms with E-state index >= 15 is 0 Å². The molecule has 0 aromatic rings. The highest BCUT2D eigenvalue weighted by molar-refractivity contribution is 7.83. The van der Waals surface area contributed by atoms with E-state index in [1.165, 1.54) is 0 Å². The van der Waals surface area contributed by atoms with Crippen molar-refractivity contribution >= 4 is 112 Å². The smallest absolute Gasteiger partial charge is 0.341 e. The fourth-order valence-corrected chi connectivity index (χ4v) is 11.1. The molecule has 0 radical (unpaired) electrons. The molecule has 3 rings (SSSR count). The Kier molecular flexibility index (Phi) is 23.1. The highest BCUT2D eigenvalue weighted by Gasteiger charge is 2.61. The van der Waals surface area contributed by atoms with Gasteiger partial charge in [0.05, 0.1) is 19.8 Å². The van der Waals surface area contributed by atoms with E-state index in [0.717, 1.165) is 0 Å². The first-order valence-electron chi connectivity index (χ1n) is 17.9. The van der Waals surface area contributed by atoms with Gasteiger partial charge in [0.2, 0.25) is 6.29 Å². The molecule has 0 saturated carbocycles. The van der Waals surface area contributed by atoms with Gasteiger partial charge in [-0.25, -0.2) is 46.4 Å². The summed E-state index contributed by atoms with van der Waals surface area (Å²) in [7, 11) is -69.2. The largest absolute Gasteiger partial charge is 0.469 e. The van der Waals surface area contributed by atoms with E-state index in [4.69, 9.17) is 28.2 Å². The first-order chi connectivity index (χ1) is 34.5. The minimum absolute atomic E-state index is 2.05. The van der Waals surface area contributed by atoms with E-state index < -0.39 is 224 Å². The molecule has 0 bridgehead atoms. The Morgan fingerprint density at radius 1 is 0.295 bits per heavy atom. The Bertz CT molecular complexity index is 3330. The third-order valence-electron chi connectivity index (χ3n) is 8.37. The third kappa shape index (κ3) is 26.0. The lowest BCUT2D eigenvalue weighted by molar-refractivity contribution is -0.371. The second-order valence-electron chi connectivity index (χ2n) is 14.0. The Morgan fingerprint density at radius 3 is 0.846 bits per heavy atom. The van der Waals surface area contributed by atoms with Crippen LogP contribution in [0.1, 0.15) is 0 Å². The van der Waals surface area contributed by atoms with Crippen LogP contribution in [0.4, 0.5) is 0 Å². The van der Waals surface area contributed by atoms with E-state index in [1.54, 1.807) is 0 Å². The SMILES string of the molecule is O=P(O)(O)OC[C@H]1O[C@H](OC2[C@H](OS(=O)(=O)O)[C@@H](OC3C(OS(=O)(=O)O)O[C@H](COS(=O)(=O)O)[C@@H](OS(=O)(=O)O)[C@@H]3OS(=O)(=O)O)O[C@H](COS(=O)(=O)O)[C@H]2OS(=O)(=O)O)[C@@H](OS(=O)(=O)O)[C@@H](OS(=O)(=O)O)[C@@H]1OS(=O)(=O)O. The van der Waals surface area contributed by atoms with Gasteiger partial charge in [-0.05, 0) is 0 Å². The fraction of sp³-hybridized carbons (Fsp3) is 1.00. The number of phosphoric acid groups is 1. The van der Waals surface area contributed by atoms with Gasteiger partial charge < -0.3 is 33.5 Å². The van der Waals surface area contributed by atoms with Gasteiger partial charge in [0.15, 0.2) is 24.8 Å². The zero-order chi connectivity index (χ0) is 60.6. The van der Waals surface area contributed by atoms with Crippen molar-refractivity contribution < 1.29 is 214 Å². The van der Waals surface area contributed by atoms with E-state index in [1.807, 2.05) is 0 Å². The number of hydrogen-bond acceptors (Lipinski definition) is 37. The van der Waals surface area contributed by atoms with E-state index in [-0.39, 0.29) is 0 Å². The van der Waals surface area contributed by atoms with Crippen LogP contribution in [0.5, 0.6) is 0 Å². The average Bonchev–Trinajstić information content (AvgIpc) is 3.14. The second-order valence-corrected chi connectivity index (χ2v) is 25.8. The van der Waals surface area contributed by atoms with Crippen LogP contribution >= 0.6 is 7.82 Å². The highest BCUT2D eigenvalue weighted by atomic mass is 32.3. The molecular weight excluding hydrogens is 1350 g/mol. The van der Waals surface area contributed by atoms with E-state index in [2.05, 4.69) is 46.4 Å². The summed E-state index contributed by atoms with van der Waals surface area (Å²) in [6.07, 6.45) is -52.8. The summed E-state index contributed by atoms with van der Waals surface area (Å²) in [6, 6.07) is 0. The van der Waals surface area contributed by atoms with Gasteiger partial charge in [-0.2, -0.15) is 84.2 Å². The Balaban J connectivity index is 2.60.